The van der Waals surface area contributed by atoms with E-state index >= 15 is 0 Å². The van der Waals surface area contributed by atoms with Crippen LogP contribution in [0.5, 0.6) is 0 Å². The van der Waals surface area contributed by atoms with E-state index in [0.29, 0.717) is 30.1 Å². The number of aromatic amines is 1. The molecule has 0 amide bonds. The lowest BCUT2D eigenvalue weighted by Crippen LogP contribution is -2.53. The third-order valence-electron chi connectivity index (χ3n) is 15.2. The molecule has 2 aromatic carbocycles. The van der Waals surface area contributed by atoms with E-state index in [-0.39, 0.29) is 36.6 Å². The Morgan fingerprint density at radius 3 is 1.77 bits per heavy atom. The van der Waals surface area contributed by atoms with Crippen molar-refractivity contribution in [2.75, 3.05) is 13.1 Å². The average molecular weight is 739 g/mol. The normalized spacial score (nSPS) is 37.8. The SMILES string of the molecule is Cc1ccc(S(=O)(=O)N(CCc2c[nH]c3ccc(C)cc23)CC2CC2(C(=O)OC2C3CC4CC(C3)CC2C4)C(=O)OC2C3CC4CC(C3)CC2C4)cc1. The highest BCUT2D eigenvalue weighted by atomic mass is 32.2. The smallest absolute Gasteiger partial charge is 0.324 e. The number of sulfonamides is 1. The molecule has 9 aliphatic rings. The summed E-state index contributed by atoms with van der Waals surface area (Å²) >= 11 is 0. The summed E-state index contributed by atoms with van der Waals surface area (Å²) in [5.74, 6) is 2.95. The molecule has 9 heteroatoms. The van der Waals surface area contributed by atoms with Gasteiger partial charge in [-0.1, -0.05) is 29.3 Å². The predicted octanol–water partition coefficient (Wildman–Crippen LogP) is 7.76. The molecule has 9 fully saturated rings. The molecule has 8 nitrogen and oxygen atoms in total. The quantitative estimate of drug-likeness (QED) is 0.159. The van der Waals surface area contributed by atoms with Crippen LogP contribution in [-0.2, 0) is 35.5 Å². The van der Waals surface area contributed by atoms with Crippen LogP contribution in [0.15, 0.2) is 53.6 Å². The number of esters is 2. The van der Waals surface area contributed by atoms with Crippen molar-refractivity contribution in [3.63, 3.8) is 0 Å². The van der Waals surface area contributed by atoms with Crippen molar-refractivity contribution >= 4 is 32.9 Å². The van der Waals surface area contributed by atoms with E-state index < -0.39 is 33.3 Å². The van der Waals surface area contributed by atoms with Gasteiger partial charge in [-0.15, -0.1) is 0 Å². The fourth-order valence-corrected chi connectivity index (χ4v) is 14.4. The van der Waals surface area contributed by atoms with Gasteiger partial charge in [0, 0.05) is 36.1 Å². The van der Waals surface area contributed by atoms with Crippen LogP contribution in [0.2, 0.25) is 0 Å². The standard InChI is InChI=1S/C44H54N2O6S/c1-25-3-6-37(7-4-25)53(49,50)46(10-9-31-23-45-39-8-5-26(2)11-38(31)39)24-36-22-44(36,42(47)51-40-32-14-27-12-28(16-32)17-33(40)15-27)43(48)52-41-34-18-29-13-30(20-34)21-35(41)19-29/h3-8,11,23,27-30,32-36,40-41,45H,9-10,12-22,24H2,1-2H3. The van der Waals surface area contributed by atoms with Crippen molar-refractivity contribution in [2.45, 2.75) is 108 Å². The van der Waals surface area contributed by atoms with Gasteiger partial charge in [-0.25, -0.2) is 8.42 Å². The van der Waals surface area contributed by atoms with Gasteiger partial charge in [0.15, 0.2) is 5.41 Å². The number of aromatic nitrogens is 1. The van der Waals surface area contributed by atoms with Gasteiger partial charge in [0.05, 0.1) is 4.90 Å². The molecule has 53 heavy (non-hydrogen) atoms. The van der Waals surface area contributed by atoms with Crippen molar-refractivity contribution in [3.8, 4) is 0 Å². The number of nitrogens with zero attached hydrogens (tertiary/aromatic N) is 1. The van der Waals surface area contributed by atoms with Gasteiger partial charge >= 0.3 is 11.9 Å². The molecule has 0 spiro atoms. The van der Waals surface area contributed by atoms with Gasteiger partial charge in [0.25, 0.3) is 0 Å². The number of carbonyl (C=O) groups excluding carboxylic acids is 2. The lowest BCUT2D eigenvalue weighted by Gasteiger charge is -2.54. The van der Waals surface area contributed by atoms with Crippen LogP contribution in [0, 0.1) is 72.5 Å². The van der Waals surface area contributed by atoms with Gasteiger partial charge in [-0.05, 0) is 168 Å². The summed E-state index contributed by atoms with van der Waals surface area (Å²) in [6, 6.07) is 13.2. The molecule has 0 aliphatic heterocycles. The topological polar surface area (TPSA) is 106 Å². The second-order valence-corrected chi connectivity index (χ2v) is 20.7. The predicted molar refractivity (Wildman–Crippen MR) is 201 cm³/mol. The van der Waals surface area contributed by atoms with E-state index in [0.717, 1.165) is 103 Å². The maximum absolute atomic E-state index is 14.7. The van der Waals surface area contributed by atoms with E-state index in [2.05, 4.69) is 30.1 Å². The van der Waals surface area contributed by atoms with Crippen LogP contribution in [0.4, 0.5) is 0 Å². The van der Waals surface area contributed by atoms with Gasteiger partial charge in [0.1, 0.15) is 12.2 Å². The molecule has 12 rings (SSSR count). The van der Waals surface area contributed by atoms with E-state index in [1.807, 2.05) is 25.3 Å². The number of carbonyl (C=O) groups is 2. The monoisotopic (exact) mass is 738 g/mol. The Bertz CT molecular complexity index is 1920. The molecular formula is C44H54N2O6S. The molecular weight excluding hydrogens is 685 g/mol. The Balaban J connectivity index is 0.947. The molecule has 1 N–H and O–H groups in total. The maximum atomic E-state index is 14.7. The first-order valence-corrected chi connectivity index (χ1v) is 22.0. The maximum Gasteiger partial charge on any atom is 0.324 e. The molecule has 1 aromatic heterocycles. The van der Waals surface area contributed by atoms with Crippen molar-refractivity contribution in [1.29, 1.82) is 0 Å². The number of benzene rings is 2. The Morgan fingerprint density at radius 1 is 0.736 bits per heavy atom. The van der Waals surface area contributed by atoms with E-state index in [1.165, 1.54) is 17.1 Å². The molecule has 8 bridgehead atoms. The number of hydrogen-bond acceptors (Lipinski definition) is 6. The fraction of sp³-hybridized carbons (Fsp3) is 0.636. The zero-order chi connectivity index (χ0) is 36.2. The third kappa shape index (κ3) is 5.89. The van der Waals surface area contributed by atoms with Gasteiger partial charge in [0.2, 0.25) is 10.0 Å². The average Bonchev–Trinajstić information content (AvgIpc) is 3.73. The first-order chi connectivity index (χ1) is 25.5. The van der Waals surface area contributed by atoms with E-state index in [9.17, 15) is 18.0 Å². The number of hydrogen-bond donors (Lipinski definition) is 1. The number of rotatable bonds is 11. The van der Waals surface area contributed by atoms with E-state index in [1.54, 1.807) is 12.1 Å². The summed E-state index contributed by atoms with van der Waals surface area (Å²) in [6.45, 7) is 4.28. The molecule has 9 saturated carbocycles. The Labute approximate surface area is 313 Å². The highest BCUT2D eigenvalue weighted by Gasteiger charge is 2.70. The zero-order valence-corrected chi connectivity index (χ0v) is 32.0. The molecule has 9 aliphatic carbocycles. The lowest BCUT2D eigenvalue weighted by molar-refractivity contribution is -0.192. The Morgan fingerprint density at radius 2 is 1.25 bits per heavy atom. The van der Waals surface area contributed by atoms with Gasteiger partial charge in [-0.3, -0.25) is 9.59 Å². The van der Waals surface area contributed by atoms with Crippen molar-refractivity contribution in [3.05, 3.63) is 65.4 Å². The van der Waals surface area contributed by atoms with Gasteiger partial charge in [-0.2, -0.15) is 4.31 Å². The molecule has 0 radical (unpaired) electrons. The minimum Gasteiger partial charge on any atom is -0.461 e. The van der Waals surface area contributed by atoms with Crippen molar-refractivity contribution in [1.82, 2.24) is 9.29 Å². The van der Waals surface area contributed by atoms with Crippen LogP contribution >= 0.6 is 0 Å². The summed E-state index contributed by atoms with van der Waals surface area (Å²) in [4.78, 5) is 32.9. The third-order valence-corrected chi connectivity index (χ3v) is 17.1. The minimum atomic E-state index is -3.95. The number of ether oxygens (including phenoxy) is 2. The summed E-state index contributed by atoms with van der Waals surface area (Å²) in [5, 5.41) is 1.08. The van der Waals surface area contributed by atoms with Crippen LogP contribution in [0.25, 0.3) is 10.9 Å². The van der Waals surface area contributed by atoms with Gasteiger partial charge < -0.3 is 14.5 Å². The molecule has 282 valence electrons. The first-order valence-electron chi connectivity index (χ1n) is 20.6. The summed E-state index contributed by atoms with van der Waals surface area (Å²) in [5.41, 5.74) is 2.70. The lowest BCUT2D eigenvalue weighted by atomic mass is 9.55. The zero-order valence-electron chi connectivity index (χ0n) is 31.2. The number of fused-ring (bicyclic) bond motifs is 1. The number of nitrogens with one attached hydrogen (secondary N) is 1. The number of H-pyrrole nitrogens is 1. The molecule has 0 saturated heterocycles. The second kappa shape index (κ2) is 12.7. The van der Waals surface area contributed by atoms with Crippen molar-refractivity contribution in [2.24, 2.45) is 58.7 Å². The van der Waals surface area contributed by atoms with Crippen molar-refractivity contribution < 1.29 is 27.5 Å². The fourth-order valence-electron chi connectivity index (χ4n) is 12.9. The summed E-state index contributed by atoms with van der Waals surface area (Å²) in [7, 11) is -3.95. The summed E-state index contributed by atoms with van der Waals surface area (Å²) < 4.78 is 43.6. The van der Waals surface area contributed by atoms with Crippen LogP contribution in [0.3, 0.4) is 0 Å². The highest BCUT2D eigenvalue weighted by molar-refractivity contribution is 7.89. The van der Waals surface area contributed by atoms with Crippen LogP contribution in [0.1, 0.15) is 87.3 Å². The number of aryl methyl sites for hydroxylation is 2. The van der Waals surface area contributed by atoms with E-state index in [4.69, 9.17) is 9.47 Å². The second-order valence-electron chi connectivity index (χ2n) is 18.8. The Hall–Kier alpha value is -3.17. The summed E-state index contributed by atoms with van der Waals surface area (Å²) in [6.07, 6.45) is 13.9. The molecule has 1 unspecified atom stereocenters. The highest BCUT2D eigenvalue weighted by Crippen LogP contribution is 2.60. The minimum absolute atomic E-state index is 0.0607. The molecule has 1 heterocycles. The van der Waals surface area contributed by atoms with Crippen LogP contribution < -0.4 is 0 Å². The van der Waals surface area contributed by atoms with Crippen LogP contribution in [-0.4, -0.2) is 54.9 Å². The first kappa shape index (κ1) is 34.3. The molecule has 1 atom stereocenters. The largest absolute Gasteiger partial charge is 0.461 e. The molecule has 3 aromatic rings. The Kier molecular flexibility index (Phi) is 8.22.